The summed E-state index contributed by atoms with van der Waals surface area (Å²) in [5.41, 5.74) is 2.23. The zero-order valence-corrected chi connectivity index (χ0v) is 17.9. The number of benzene rings is 2. The van der Waals surface area contributed by atoms with Crippen LogP contribution in [0.1, 0.15) is 30.5 Å². The van der Waals surface area contributed by atoms with Crippen LogP contribution >= 0.6 is 0 Å². The molecule has 0 aliphatic carbocycles. The molecule has 1 unspecified atom stereocenters. The summed E-state index contributed by atoms with van der Waals surface area (Å²) in [5, 5.41) is 11.1. The number of likely N-dealkylation sites (N-methyl/N-ethyl adjacent to an activating group) is 1. The van der Waals surface area contributed by atoms with Gasteiger partial charge in [-0.1, -0.05) is 12.1 Å². The zero-order chi connectivity index (χ0) is 22.8. The highest BCUT2D eigenvalue weighted by Crippen LogP contribution is 2.54. The molecule has 3 aliphatic rings. The van der Waals surface area contributed by atoms with Crippen LogP contribution in [0.4, 0.5) is 11.4 Å². The number of amides is 2. The Balaban J connectivity index is 1.51. The SMILES string of the molecule is CN1c2cc(CN3C(=O)C=CC3=O)ccc2C(C)(C)C12C=Cc1cc([N+](=O)[O-])ccc1O2. The second-order valence-electron chi connectivity index (χ2n) is 8.74. The number of rotatable bonds is 3. The third-order valence-electron chi connectivity index (χ3n) is 6.69. The molecule has 1 spiro atoms. The minimum atomic E-state index is -0.835. The van der Waals surface area contributed by atoms with Gasteiger partial charge in [-0.15, -0.1) is 0 Å². The number of nitro benzene ring substituents is 1. The van der Waals surface area contributed by atoms with Gasteiger partial charge in [-0.05, 0) is 49.3 Å². The highest BCUT2D eigenvalue weighted by atomic mass is 16.6. The standard InChI is InChI=1S/C24H21N3O5/c1-23(2)18-6-4-15(14-26-21(28)8-9-22(26)29)12-19(18)25(3)24(23)11-10-16-13-17(27(30)31)5-7-20(16)32-24/h4-13H,14H2,1-3H3. The van der Waals surface area contributed by atoms with Crippen molar-refractivity contribution in [1.29, 1.82) is 0 Å². The van der Waals surface area contributed by atoms with Crippen LogP contribution < -0.4 is 9.64 Å². The van der Waals surface area contributed by atoms with E-state index in [4.69, 9.17) is 4.74 Å². The number of anilines is 1. The van der Waals surface area contributed by atoms with E-state index in [1.165, 1.54) is 29.2 Å². The molecule has 162 valence electrons. The van der Waals surface area contributed by atoms with Crippen LogP contribution in [-0.4, -0.2) is 34.4 Å². The van der Waals surface area contributed by atoms with Gasteiger partial charge >= 0.3 is 0 Å². The third-order valence-corrected chi connectivity index (χ3v) is 6.69. The van der Waals surface area contributed by atoms with E-state index in [1.54, 1.807) is 6.07 Å². The molecule has 5 rings (SSSR count). The number of nitrogens with zero attached hydrogens (tertiary/aromatic N) is 3. The van der Waals surface area contributed by atoms with E-state index in [0.29, 0.717) is 11.3 Å². The summed E-state index contributed by atoms with van der Waals surface area (Å²) in [6.45, 7) is 4.38. The molecule has 32 heavy (non-hydrogen) atoms. The molecule has 3 aliphatic heterocycles. The molecular formula is C24H21N3O5. The number of carbonyl (C=O) groups excluding carboxylic acids is 2. The molecule has 0 aromatic heterocycles. The van der Waals surface area contributed by atoms with Crippen molar-refractivity contribution in [2.45, 2.75) is 31.5 Å². The van der Waals surface area contributed by atoms with E-state index < -0.39 is 16.1 Å². The highest BCUT2D eigenvalue weighted by Gasteiger charge is 2.57. The van der Waals surface area contributed by atoms with Gasteiger partial charge in [0.15, 0.2) is 0 Å². The van der Waals surface area contributed by atoms with Crippen molar-refractivity contribution < 1.29 is 19.2 Å². The molecule has 2 amide bonds. The van der Waals surface area contributed by atoms with Crippen LogP contribution in [-0.2, 0) is 21.5 Å². The largest absolute Gasteiger partial charge is 0.463 e. The maximum absolute atomic E-state index is 12.0. The number of hydrogen-bond acceptors (Lipinski definition) is 6. The summed E-state index contributed by atoms with van der Waals surface area (Å²) in [6.07, 6.45) is 6.37. The number of nitro groups is 1. The summed E-state index contributed by atoms with van der Waals surface area (Å²) in [6, 6.07) is 10.5. The van der Waals surface area contributed by atoms with Crippen LogP contribution in [0.15, 0.2) is 54.6 Å². The Bertz CT molecular complexity index is 1240. The molecule has 0 radical (unpaired) electrons. The molecule has 2 aromatic carbocycles. The van der Waals surface area contributed by atoms with E-state index in [0.717, 1.165) is 16.8 Å². The summed E-state index contributed by atoms with van der Waals surface area (Å²) < 4.78 is 6.52. The van der Waals surface area contributed by atoms with Crippen molar-refractivity contribution >= 4 is 29.3 Å². The summed E-state index contributed by atoms with van der Waals surface area (Å²) in [5.74, 6) is -0.0554. The number of imide groups is 1. The van der Waals surface area contributed by atoms with Gasteiger partial charge in [0, 0.05) is 42.6 Å². The lowest BCUT2D eigenvalue weighted by atomic mass is 9.76. The van der Waals surface area contributed by atoms with Crippen molar-refractivity contribution in [2.24, 2.45) is 0 Å². The smallest absolute Gasteiger partial charge is 0.270 e. The van der Waals surface area contributed by atoms with Crippen LogP contribution in [0.2, 0.25) is 0 Å². The number of hydrogen-bond donors (Lipinski definition) is 0. The quantitative estimate of drug-likeness (QED) is 0.419. The van der Waals surface area contributed by atoms with E-state index in [2.05, 4.69) is 13.8 Å². The summed E-state index contributed by atoms with van der Waals surface area (Å²) >= 11 is 0. The molecule has 2 aromatic rings. The Morgan fingerprint density at radius 3 is 2.44 bits per heavy atom. The topological polar surface area (TPSA) is 93.0 Å². The second-order valence-corrected chi connectivity index (χ2v) is 8.74. The minimum absolute atomic E-state index is 0.0143. The predicted molar refractivity (Wildman–Crippen MR) is 118 cm³/mol. The molecule has 0 bridgehead atoms. The van der Waals surface area contributed by atoms with Gasteiger partial charge in [-0.3, -0.25) is 24.6 Å². The Morgan fingerprint density at radius 1 is 1.03 bits per heavy atom. The van der Waals surface area contributed by atoms with E-state index >= 15 is 0 Å². The third kappa shape index (κ3) is 2.62. The van der Waals surface area contributed by atoms with Gasteiger partial charge in [-0.2, -0.15) is 0 Å². The van der Waals surface area contributed by atoms with Crippen molar-refractivity contribution in [2.75, 3.05) is 11.9 Å². The number of non-ortho nitro benzene ring substituents is 1. The van der Waals surface area contributed by atoms with Gasteiger partial charge in [0.25, 0.3) is 17.5 Å². The molecule has 8 heteroatoms. The van der Waals surface area contributed by atoms with Gasteiger partial charge in [-0.25, -0.2) is 0 Å². The highest BCUT2D eigenvalue weighted by molar-refractivity contribution is 6.12. The first-order chi connectivity index (χ1) is 15.1. The van der Waals surface area contributed by atoms with Crippen LogP contribution in [0, 0.1) is 10.1 Å². The average Bonchev–Trinajstić information content (AvgIpc) is 3.16. The van der Waals surface area contributed by atoms with E-state index in [1.807, 2.05) is 42.3 Å². The van der Waals surface area contributed by atoms with Crippen LogP contribution in [0.25, 0.3) is 6.08 Å². The fourth-order valence-corrected chi connectivity index (χ4v) is 4.84. The minimum Gasteiger partial charge on any atom is -0.463 e. The Kier molecular flexibility index (Phi) is 4.08. The molecular weight excluding hydrogens is 410 g/mol. The van der Waals surface area contributed by atoms with Crippen LogP contribution in [0.3, 0.4) is 0 Å². The van der Waals surface area contributed by atoms with Gasteiger partial charge in [0.05, 0.1) is 16.9 Å². The second kappa shape index (κ2) is 6.53. The lowest BCUT2D eigenvalue weighted by Gasteiger charge is -2.45. The van der Waals surface area contributed by atoms with E-state index in [-0.39, 0.29) is 24.0 Å². The van der Waals surface area contributed by atoms with Gasteiger partial charge < -0.3 is 9.64 Å². The Labute approximate surface area is 184 Å². The summed E-state index contributed by atoms with van der Waals surface area (Å²) in [4.78, 5) is 37.8. The van der Waals surface area contributed by atoms with Crippen molar-refractivity contribution in [3.63, 3.8) is 0 Å². The Morgan fingerprint density at radius 2 is 1.75 bits per heavy atom. The summed E-state index contributed by atoms with van der Waals surface area (Å²) in [7, 11) is 1.94. The molecule has 3 heterocycles. The number of ether oxygens (including phenoxy) is 1. The first-order valence-electron chi connectivity index (χ1n) is 10.2. The Hall–Kier alpha value is -3.94. The fourth-order valence-electron chi connectivity index (χ4n) is 4.84. The van der Waals surface area contributed by atoms with Gasteiger partial charge in [0.1, 0.15) is 5.75 Å². The molecule has 0 N–H and O–H groups in total. The zero-order valence-electron chi connectivity index (χ0n) is 17.9. The number of carbonyl (C=O) groups is 2. The van der Waals surface area contributed by atoms with Crippen molar-refractivity contribution in [1.82, 2.24) is 4.90 Å². The first kappa shape index (κ1) is 20.0. The maximum Gasteiger partial charge on any atom is 0.270 e. The van der Waals surface area contributed by atoms with E-state index in [9.17, 15) is 19.7 Å². The van der Waals surface area contributed by atoms with Crippen molar-refractivity contribution in [3.8, 4) is 5.75 Å². The number of fused-ring (bicyclic) bond motifs is 2. The predicted octanol–water partition coefficient (Wildman–Crippen LogP) is 3.55. The molecule has 0 saturated carbocycles. The lowest BCUT2D eigenvalue weighted by molar-refractivity contribution is -0.384. The molecule has 0 fully saturated rings. The molecule has 0 saturated heterocycles. The lowest BCUT2D eigenvalue weighted by Crippen LogP contribution is -2.58. The van der Waals surface area contributed by atoms with Crippen molar-refractivity contribution in [3.05, 3.63) is 81.4 Å². The first-order valence-corrected chi connectivity index (χ1v) is 10.2. The monoisotopic (exact) mass is 431 g/mol. The van der Waals surface area contributed by atoms with Crippen LogP contribution in [0.5, 0.6) is 5.75 Å². The van der Waals surface area contributed by atoms with Gasteiger partial charge in [0.2, 0.25) is 5.72 Å². The fraction of sp³-hybridized carbons (Fsp3) is 0.250. The molecule has 1 atom stereocenters. The maximum atomic E-state index is 12.0. The molecule has 8 nitrogen and oxygen atoms in total. The normalized spacial score (nSPS) is 22.3. The average molecular weight is 431 g/mol.